The summed E-state index contributed by atoms with van der Waals surface area (Å²) in [6.07, 6.45) is 4.25. The van der Waals surface area contributed by atoms with E-state index in [-0.39, 0.29) is 0 Å². The van der Waals surface area contributed by atoms with E-state index in [1.165, 1.54) is 0 Å². The molecule has 4 heteroatoms. The van der Waals surface area contributed by atoms with Gasteiger partial charge in [-0.3, -0.25) is 0 Å². The van der Waals surface area contributed by atoms with Crippen LogP contribution in [0.25, 0.3) is 0 Å². The van der Waals surface area contributed by atoms with Crippen molar-refractivity contribution >= 4 is 57.2 Å². The van der Waals surface area contributed by atoms with Gasteiger partial charge in [0.15, 0.2) is 0 Å². The summed E-state index contributed by atoms with van der Waals surface area (Å²) in [5.74, 6) is 1.09. The standard InChI is InChI=1S/C8H14S4/c1-2-12-8(11)6-4-3-5-7(9)10/h2-6H2,1H3,(H,9,10). The molecule has 12 heavy (non-hydrogen) atoms. The van der Waals surface area contributed by atoms with Crippen LogP contribution < -0.4 is 0 Å². The average Bonchev–Trinajstić information content (AvgIpc) is 1.98. The van der Waals surface area contributed by atoms with Crippen molar-refractivity contribution in [2.24, 2.45) is 0 Å². The van der Waals surface area contributed by atoms with Crippen molar-refractivity contribution < 1.29 is 0 Å². The highest BCUT2D eigenvalue weighted by Gasteiger charge is 1.96. The van der Waals surface area contributed by atoms with Gasteiger partial charge in [0.25, 0.3) is 0 Å². The van der Waals surface area contributed by atoms with E-state index in [1.54, 1.807) is 11.8 Å². The van der Waals surface area contributed by atoms with Crippen LogP contribution in [0.15, 0.2) is 0 Å². The molecule has 0 aromatic carbocycles. The van der Waals surface area contributed by atoms with Crippen molar-refractivity contribution in [2.45, 2.75) is 32.6 Å². The number of hydrogen-bond donors (Lipinski definition) is 1. The van der Waals surface area contributed by atoms with Crippen LogP contribution in [0.1, 0.15) is 32.6 Å². The maximum Gasteiger partial charge on any atom is 0.0478 e. The lowest BCUT2D eigenvalue weighted by Gasteiger charge is -2.00. The van der Waals surface area contributed by atoms with Gasteiger partial charge in [-0.05, 0) is 31.4 Å². The molecule has 0 unspecified atom stereocenters. The molecule has 0 amide bonds. The van der Waals surface area contributed by atoms with Crippen molar-refractivity contribution in [3.63, 3.8) is 0 Å². The quantitative estimate of drug-likeness (QED) is 0.424. The predicted molar refractivity (Wildman–Crippen MR) is 70.8 cm³/mol. The second-order valence-corrected chi connectivity index (χ2v) is 5.85. The molecule has 0 aliphatic heterocycles. The molecule has 0 aromatic heterocycles. The zero-order chi connectivity index (χ0) is 9.40. The highest BCUT2D eigenvalue weighted by atomic mass is 32.2. The fourth-order valence-corrected chi connectivity index (χ4v) is 2.19. The maximum atomic E-state index is 5.14. The topological polar surface area (TPSA) is 0 Å². The van der Waals surface area contributed by atoms with Crippen LogP contribution in [0.4, 0.5) is 0 Å². The second-order valence-electron chi connectivity index (χ2n) is 2.41. The van der Waals surface area contributed by atoms with Crippen molar-refractivity contribution in [3.8, 4) is 0 Å². The molecule has 0 aromatic rings. The predicted octanol–water partition coefficient (Wildman–Crippen LogP) is 3.88. The molecule has 0 nitrogen and oxygen atoms in total. The van der Waals surface area contributed by atoms with Crippen molar-refractivity contribution in [1.82, 2.24) is 0 Å². The van der Waals surface area contributed by atoms with Gasteiger partial charge >= 0.3 is 0 Å². The largest absolute Gasteiger partial charge is 0.136 e. The molecule has 70 valence electrons. The molecule has 0 saturated heterocycles. The Labute approximate surface area is 95.3 Å². The van der Waals surface area contributed by atoms with Gasteiger partial charge < -0.3 is 0 Å². The number of thiol groups is 1. The number of thiocarbonyl (C=S) groups is 2. The van der Waals surface area contributed by atoms with Crippen LogP contribution in [0.3, 0.4) is 0 Å². The Hall–Kier alpha value is 0.880. The van der Waals surface area contributed by atoms with E-state index in [4.69, 9.17) is 24.4 Å². The summed E-state index contributed by atoms with van der Waals surface area (Å²) in [5, 5.41) is 0. The summed E-state index contributed by atoms with van der Waals surface area (Å²) >= 11 is 15.8. The van der Waals surface area contributed by atoms with Gasteiger partial charge in [0, 0.05) is 8.39 Å². The molecule has 0 atom stereocenters. The molecule has 0 rings (SSSR count). The molecule has 0 heterocycles. The third-order valence-electron chi connectivity index (χ3n) is 1.33. The maximum absolute atomic E-state index is 5.14. The van der Waals surface area contributed by atoms with Gasteiger partial charge in [-0.1, -0.05) is 31.4 Å². The monoisotopic (exact) mass is 238 g/mol. The molecular weight excluding hydrogens is 224 g/mol. The average molecular weight is 238 g/mol. The van der Waals surface area contributed by atoms with E-state index in [0.29, 0.717) is 0 Å². The molecule has 0 aliphatic rings. The Kier molecular flexibility index (Phi) is 9.10. The molecule has 0 radical (unpaired) electrons. The summed E-state index contributed by atoms with van der Waals surface area (Å²) in [4.78, 5) is 0. The highest BCUT2D eigenvalue weighted by Crippen LogP contribution is 2.12. The van der Waals surface area contributed by atoms with Crippen LogP contribution in [0, 0.1) is 0 Å². The van der Waals surface area contributed by atoms with E-state index in [0.717, 1.165) is 39.8 Å². The molecule has 0 N–H and O–H groups in total. The molecule has 0 bridgehead atoms. The van der Waals surface area contributed by atoms with Crippen molar-refractivity contribution in [1.29, 1.82) is 0 Å². The number of unbranched alkanes of at least 4 members (excludes halogenated alkanes) is 1. The Morgan fingerprint density at radius 3 is 2.33 bits per heavy atom. The zero-order valence-corrected chi connectivity index (χ0v) is 10.6. The number of hydrogen-bond acceptors (Lipinski definition) is 3. The van der Waals surface area contributed by atoms with Gasteiger partial charge in [0.2, 0.25) is 0 Å². The minimum Gasteiger partial charge on any atom is -0.136 e. The third kappa shape index (κ3) is 8.97. The first-order valence-corrected chi connectivity index (χ1v) is 6.29. The first-order chi connectivity index (χ1) is 5.66. The van der Waals surface area contributed by atoms with Gasteiger partial charge in [0.1, 0.15) is 0 Å². The lowest BCUT2D eigenvalue weighted by Crippen LogP contribution is -1.90. The number of rotatable bonds is 6. The summed E-state index contributed by atoms with van der Waals surface area (Å²) in [5.41, 5.74) is 0. The van der Waals surface area contributed by atoms with E-state index in [2.05, 4.69) is 19.6 Å². The molecule has 0 saturated carbocycles. The zero-order valence-electron chi connectivity index (χ0n) is 7.21. The van der Waals surface area contributed by atoms with Gasteiger partial charge in [-0.2, -0.15) is 0 Å². The van der Waals surface area contributed by atoms with Crippen molar-refractivity contribution in [3.05, 3.63) is 0 Å². The lowest BCUT2D eigenvalue weighted by atomic mass is 10.2. The van der Waals surface area contributed by atoms with Gasteiger partial charge in [-0.25, -0.2) is 0 Å². The molecular formula is C8H14S4. The fraction of sp³-hybridized carbons (Fsp3) is 0.750. The van der Waals surface area contributed by atoms with Crippen LogP contribution in [-0.4, -0.2) is 14.1 Å². The first-order valence-electron chi connectivity index (χ1n) is 4.04. The number of thioether (sulfide) groups is 1. The van der Waals surface area contributed by atoms with Crippen LogP contribution in [0.5, 0.6) is 0 Å². The highest BCUT2D eigenvalue weighted by molar-refractivity contribution is 8.23. The Morgan fingerprint density at radius 1 is 1.25 bits per heavy atom. The lowest BCUT2D eigenvalue weighted by molar-refractivity contribution is 0.810. The smallest absolute Gasteiger partial charge is 0.0478 e. The third-order valence-corrected chi connectivity index (χ3v) is 3.13. The van der Waals surface area contributed by atoms with Crippen LogP contribution in [0.2, 0.25) is 0 Å². The molecule has 0 spiro atoms. The van der Waals surface area contributed by atoms with Crippen LogP contribution >= 0.6 is 48.8 Å². The van der Waals surface area contributed by atoms with Crippen LogP contribution in [-0.2, 0) is 0 Å². The van der Waals surface area contributed by atoms with E-state index in [9.17, 15) is 0 Å². The van der Waals surface area contributed by atoms with Gasteiger partial charge in [-0.15, -0.1) is 24.4 Å². The minimum absolute atomic E-state index is 0.809. The summed E-state index contributed by atoms with van der Waals surface area (Å²) in [6.45, 7) is 2.12. The molecule has 0 fully saturated rings. The van der Waals surface area contributed by atoms with Gasteiger partial charge in [0.05, 0.1) is 0 Å². The second kappa shape index (κ2) is 8.48. The Bertz CT molecular complexity index is 153. The van der Waals surface area contributed by atoms with E-state index in [1.807, 2.05) is 0 Å². The van der Waals surface area contributed by atoms with Crippen molar-refractivity contribution in [2.75, 3.05) is 5.75 Å². The van der Waals surface area contributed by atoms with E-state index < -0.39 is 0 Å². The first kappa shape index (κ1) is 12.9. The SMILES string of the molecule is CCSC(=S)CCCCC(=S)S. The summed E-state index contributed by atoms with van der Waals surface area (Å²) < 4.78 is 1.94. The van der Waals surface area contributed by atoms with E-state index >= 15 is 0 Å². The Morgan fingerprint density at radius 2 is 1.83 bits per heavy atom. The Balaban J connectivity index is 3.19. The summed E-state index contributed by atoms with van der Waals surface area (Å²) in [7, 11) is 0. The fourth-order valence-electron chi connectivity index (χ4n) is 0.779. The molecule has 0 aliphatic carbocycles. The normalized spacial score (nSPS) is 9.83. The summed E-state index contributed by atoms with van der Waals surface area (Å²) in [6, 6.07) is 0. The minimum atomic E-state index is 0.809.